The molecule has 0 atom stereocenters. The molecular formula is C18H29N3O. The monoisotopic (exact) mass is 303 g/mol. The Labute approximate surface area is 134 Å². The second-order valence-electron chi connectivity index (χ2n) is 6.13. The first-order valence-electron chi connectivity index (χ1n) is 8.49. The first-order chi connectivity index (χ1) is 10.7. The van der Waals surface area contributed by atoms with Gasteiger partial charge in [0, 0.05) is 25.2 Å². The third-order valence-electron chi connectivity index (χ3n) is 4.45. The second-order valence-corrected chi connectivity index (χ2v) is 6.13. The van der Waals surface area contributed by atoms with Crippen LogP contribution in [0.2, 0.25) is 0 Å². The van der Waals surface area contributed by atoms with Crippen molar-refractivity contribution >= 4 is 5.91 Å². The summed E-state index contributed by atoms with van der Waals surface area (Å²) in [5.74, 6) is -0.0287. The lowest BCUT2D eigenvalue weighted by molar-refractivity contribution is 0.0963. The van der Waals surface area contributed by atoms with Crippen LogP contribution in [0.3, 0.4) is 0 Å². The predicted molar refractivity (Wildman–Crippen MR) is 91.0 cm³/mol. The highest BCUT2D eigenvalue weighted by Gasteiger charge is 2.18. The molecule has 0 unspecified atom stereocenters. The Morgan fingerprint density at radius 2 is 1.91 bits per heavy atom. The Balaban J connectivity index is 1.71. The maximum absolute atomic E-state index is 11.5. The first-order valence-corrected chi connectivity index (χ1v) is 8.49. The van der Waals surface area contributed by atoms with Gasteiger partial charge in [-0.2, -0.15) is 0 Å². The van der Waals surface area contributed by atoms with Gasteiger partial charge in [-0.15, -0.1) is 0 Å². The summed E-state index contributed by atoms with van der Waals surface area (Å²) in [5.41, 5.74) is 1.96. The number of unbranched alkanes of at least 4 members (excludes halogenated alkanes) is 1. The molecule has 2 N–H and O–H groups in total. The van der Waals surface area contributed by atoms with Crippen molar-refractivity contribution in [3.05, 3.63) is 35.4 Å². The van der Waals surface area contributed by atoms with Gasteiger partial charge in [-0.1, -0.05) is 25.5 Å². The molecule has 0 aliphatic carbocycles. The quantitative estimate of drug-likeness (QED) is 0.813. The first kappa shape index (κ1) is 17.0. The third kappa shape index (κ3) is 5.11. The van der Waals surface area contributed by atoms with Gasteiger partial charge < -0.3 is 15.5 Å². The van der Waals surface area contributed by atoms with Crippen molar-refractivity contribution < 1.29 is 4.79 Å². The summed E-state index contributed by atoms with van der Waals surface area (Å²) in [6.45, 7) is 6.82. The van der Waals surface area contributed by atoms with Crippen molar-refractivity contribution in [1.29, 1.82) is 0 Å². The van der Waals surface area contributed by atoms with E-state index >= 15 is 0 Å². The van der Waals surface area contributed by atoms with Crippen molar-refractivity contribution in [3.63, 3.8) is 0 Å². The molecular weight excluding hydrogens is 274 g/mol. The van der Waals surface area contributed by atoms with E-state index in [1.165, 1.54) is 50.9 Å². The third-order valence-corrected chi connectivity index (χ3v) is 4.45. The summed E-state index contributed by atoms with van der Waals surface area (Å²) in [5, 5.41) is 6.29. The molecule has 0 saturated carbocycles. The smallest absolute Gasteiger partial charge is 0.251 e. The largest absolute Gasteiger partial charge is 0.355 e. The Morgan fingerprint density at radius 1 is 1.23 bits per heavy atom. The minimum atomic E-state index is -0.0287. The van der Waals surface area contributed by atoms with Crippen molar-refractivity contribution in [2.45, 2.75) is 45.2 Å². The van der Waals surface area contributed by atoms with Crippen molar-refractivity contribution in [1.82, 2.24) is 15.5 Å². The topological polar surface area (TPSA) is 44.4 Å². The molecule has 2 rings (SSSR count). The summed E-state index contributed by atoms with van der Waals surface area (Å²) in [4.78, 5) is 14.1. The highest BCUT2D eigenvalue weighted by atomic mass is 16.1. The fraction of sp³-hybridized carbons (Fsp3) is 0.611. The van der Waals surface area contributed by atoms with Gasteiger partial charge in [-0.3, -0.25) is 4.79 Å². The van der Waals surface area contributed by atoms with Crippen LogP contribution in [-0.2, 0) is 6.54 Å². The number of carbonyl (C=O) groups excluding carboxylic acids is 1. The standard InChI is InChI=1S/C18H29N3O/c1-3-4-11-21-12-9-17(10-13-21)20-14-15-5-7-16(8-6-15)18(22)19-2/h5-8,17,20H,3-4,9-14H2,1-2H3,(H,19,22). The summed E-state index contributed by atoms with van der Waals surface area (Å²) in [7, 11) is 1.66. The van der Waals surface area contributed by atoms with Gasteiger partial charge in [0.2, 0.25) is 0 Å². The molecule has 1 aliphatic rings. The summed E-state index contributed by atoms with van der Waals surface area (Å²) < 4.78 is 0. The Hall–Kier alpha value is -1.39. The number of carbonyl (C=O) groups is 1. The van der Waals surface area contributed by atoms with Crippen LogP contribution in [0.25, 0.3) is 0 Å². The number of rotatable bonds is 7. The number of nitrogens with zero attached hydrogens (tertiary/aromatic N) is 1. The van der Waals surface area contributed by atoms with Crippen LogP contribution < -0.4 is 10.6 Å². The molecule has 0 spiro atoms. The lowest BCUT2D eigenvalue weighted by Crippen LogP contribution is -2.42. The van der Waals surface area contributed by atoms with Crippen molar-refractivity contribution in [3.8, 4) is 0 Å². The Kier molecular flexibility index (Phi) is 6.87. The fourth-order valence-electron chi connectivity index (χ4n) is 2.92. The summed E-state index contributed by atoms with van der Waals surface area (Å²) >= 11 is 0. The summed E-state index contributed by atoms with van der Waals surface area (Å²) in [6, 6.07) is 8.48. The molecule has 4 nitrogen and oxygen atoms in total. The minimum Gasteiger partial charge on any atom is -0.355 e. The van der Waals surface area contributed by atoms with E-state index in [0.717, 1.165) is 12.1 Å². The molecule has 1 aromatic carbocycles. The van der Waals surface area contributed by atoms with Crippen LogP contribution in [0.4, 0.5) is 0 Å². The number of nitrogens with one attached hydrogen (secondary N) is 2. The van der Waals surface area contributed by atoms with Crippen LogP contribution >= 0.6 is 0 Å². The SMILES string of the molecule is CCCCN1CCC(NCc2ccc(C(=O)NC)cc2)CC1. The van der Waals surface area contributed by atoms with Gasteiger partial charge in [0.1, 0.15) is 0 Å². The van der Waals surface area contributed by atoms with Crippen LogP contribution in [0.5, 0.6) is 0 Å². The van der Waals surface area contributed by atoms with Crippen molar-refractivity contribution in [2.75, 3.05) is 26.7 Å². The van der Waals surface area contributed by atoms with E-state index in [9.17, 15) is 4.79 Å². The van der Waals surface area contributed by atoms with E-state index in [0.29, 0.717) is 6.04 Å². The number of amides is 1. The Bertz CT molecular complexity index is 450. The van der Waals surface area contributed by atoms with Crippen molar-refractivity contribution in [2.24, 2.45) is 0 Å². The lowest BCUT2D eigenvalue weighted by Gasteiger charge is -2.32. The lowest BCUT2D eigenvalue weighted by atomic mass is 10.0. The maximum atomic E-state index is 11.5. The van der Waals surface area contributed by atoms with E-state index in [-0.39, 0.29) is 5.91 Å². The zero-order valence-electron chi connectivity index (χ0n) is 13.9. The fourth-order valence-corrected chi connectivity index (χ4v) is 2.92. The van der Waals surface area contributed by atoms with Gasteiger partial charge in [-0.05, 0) is 56.6 Å². The summed E-state index contributed by atoms with van der Waals surface area (Å²) in [6.07, 6.45) is 5.07. The second kappa shape index (κ2) is 8.91. The molecule has 1 aromatic rings. The molecule has 1 amide bonds. The molecule has 0 radical (unpaired) electrons. The zero-order valence-corrected chi connectivity index (χ0v) is 13.9. The van der Waals surface area contributed by atoms with Gasteiger partial charge in [0.15, 0.2) is 0 Å². The predicted octanol–water partition coefficient (Wildman–Crippen LogP) is 2.40. The number of benzene rings is 1. The van der Waals surface area contributed by atoms with Crippen LogP contribution in [0.1, 0.15) is 48.5 Å². The molecule has 1 aliphatic heterocycles. The van der Waals surface area contributed by atoms with Crippen LogP contribution in [0, 0.1) is 0 Å². The highest BCUT2D eigenvalue weighted by Crippen LogP contribution is 2.12. The minimum absolute atomic E-state index is 0.0287. The van der Waals surface area contributed by atoms with E-state index in [2.05, 4.69) is 22.5 Å². The van der Waals surface area contributed by atoms with E-state index in [4.69, 9.17) is 0 Å². The molecule has 4 heteroatoms. The molecule has 122 valence electrons. The molecule has 22 heavy (non-hydrogen) atoms. The molecule has 1 heterocycles. The zero-order chi connectivity index (χ0) is 15.8. The van der Waals surface area contributed by atoms with E-state index < -0.39 is 0 Å². The average Bonchev–Trinajstić information content (AvgIpc) is 2.58. The number of piperidine rings is 1. The van der Waals surface area contributed by atoms with Gasteiger partial charge in [0.25, 0.3) is 5.91 Å². The van der Waals surface area contributed by atoms with Gasteiger partial charge in [-0.25, -0.2) is 0 Å². The number of hydrogen-bond acceptors (Lipinski definition) is 3. The molecule has 1 fully saturated rings. The van der Waals surface area contributed by atoms with Crippen LogP contribution in [0.15, 0.2) is 24.3 Å². The Morgan fingerprint density at radius 3 is 2.50 bits per heavy atom. The molecule has 0 bridgehead atoms. The molecule has 1 saturated heterocycles. The van der Waals surface area contributed by atoms with E-state index in [1.54, 1.807) is 7.05 Å². The maximum Gasteiger partial charge on any atom is 0.251 e. The number of hydrogen-bond donors (Lipinski definition) is 2. The van der Waals surface area contributed by atoms with Gasteiger partial charge >= 0.3 is 0 Å². The normalized spacial score (nSPS) is 16.6. The average molecular weight is 303 g/mol. The highest BCUT2D eigenvalue weighted by molar-refractivity contribution is 5.93. The van der Waals surface area contributed by atoms with E-state index in [1.807, 2.05) is 24.3 Å². The van der Waals surface area contributed by atoms with Gasteiger partial charge in [0.05, 0.1) is 0 Å². The number of likely N-dealkylation sites (tertiary alicyclic amines) is 1. The van der Waals surface area contributed by atoms with Crippen LogP contribution in [-0.4, -0.2) is 43.5 Å². The molecule has 0 aromatic heterocycles.